The van der Waals surface area contributed by atoms with E-state index in [-0.39, 0.29) is 5.97 Å². The maximum atomic E-state index is 12.3. The van der Waals surface area contributed by atoms with Crippen LogP contribution in [0.25, 0.3) is 5.57 Å². The minimum atomic E-state index is -0.697. The zero-order chi connectivity index (χ0) is 13.3. The van der Waals surface area contributed by atoms with Gasteiger partial charge >= 0.3 is 5.97 Å². The molecule has 1 spiro atoms. The van der Waals surface area contributed by atoms with Gasteiger partial charge in [-0.15, -0.1) is 0 Å². The average molecular weight is 258 g/mol. The molecule has 0 atom stereocenters. The number of esters is 1. The van der Waals surface area contributed by atoms with Crippen molar-refractivity contribution in [2.45, 2.75) is 44.8 Å². The van der Waals surface area contributed by atoms with Crippen molar-refractivity contribution in [1.29, 1.82) is 0 Å². The van der Waals surface area contributed by atoms with Gasteiger partial charge in [0.15, 0.2) is 0 Å². The molecule has 100 valence electrons. The summed E-state index contributed by atoms with van der Waals surface area (Å²) in [6.45, 7) is 1.86. The van der Waals surface area contributed by atoms with Crippen LogP contribution in [0.3, 0.4) is 0 Å². The van der Waals surface area contributed by atoms with Crippen LogP contribution in [0.15, 0.2) is 36.1 Å². The van der Waals surface area contributed by atoms with Crippen LogP contribution in [0.5, 0.6) is 0 Å². The van der Waals surface area contributed by atoms with Crippen LogP contribution in [0.1, 0.15) is 44.6 Å². The quantitative estimate of drug-likeness (QED) is 0.721. The van der Waals surface area contributed by atoms with E-state index in [2.05, 4.69) is 0 Å². The van der Waals surface area contributed by atoms with Crippen molar-refractivity contribution in [2.24, 2.45) is 0 Å². The van der Waals surface area contributed by atoms with E-state index in [4.69, 9.17) is 9.47 Å². The number of hydrogen-bond donors (Lipinski definition) is 0. The molecule has 0 aromatic heterocycles. The number of benzene rings is 1. The minimum absolute atomic E-state index is 0.253. The Morgan fingerprint density at radius 1 is 1.00 bits per heavy atom. The van der Waals surface area contributed by atoms with Gasteiger partial charge < -0.3 is 9.47 Å². The van der Waals surface area contributed by atoms with Crippen molar-refractivity contribution in [3.8, 4) is 0 Å². The summed E-state index contributed by atoms with van der Waals surface area (Å²) in [6, 6.07) is 9.56. The van der Waals surface area contributed by atoms with Gasteiger partial charge in [0.05, 0.1) is 0 Å². The lowest BCUT2D eigenvalue weighted by Crippen LogP contribution is -2.43. The molecular weight excluding hydrogens is 240 g/mol. The van der Waals surface area contributed by atoms with E-state index in [9.17, 15) is 4.79 Å². The molecule has 0 unspecified atom stereocenters. The van der Waals surface area contributed by atoms with Crippen molar-refractivity contribution in [3.05, 3.63) is 41.7 Å². The predicted octanol–water partition coefficient (Wildman–Crippen LogP) is 3.65. The fraction of sp³-hybridized carbons (Fsp3) is 0.438. The molecule has 1 aromatic carbocycles. The van der Waals surface area contributed by atoms with E-state index in [0.717, 1.165) is 31.2 Å². The molecule has 1 heterocycles. The second-order valence-corrected chi connectivity index (χ2v) is 5.26. The SMILES string of the molecule is CC1=C(c2ccccc2)C(=O)OC2(CCCCC2)O1. The zero-order valence-corrected chi connectivity index (χ0v) is 11.1. The molecule has 0 radical (unpaired) electrons. The maximum Gasteiger partial charge on any atom is 0.345 e. The Balaban J connectivity index is 1.94. The normalized spacial score (nSPS) is 22.1. The summed E-state index contributed by atoms with van der Waals surface area (Å²) in [5.74, 6) is -0.265. The monoisotopic (exact) mass is 258 g/mol. The van der Waals surface area contributed by atoms with E-state index >= 15 is 0 Å². The fourth-order valence-electron chi connectivity index (χ4n) is 2.94. The number of ether oxygens (including phenoxy) is 2. The third-order valence-corrected chi connectivity index (χ3v) is 3.85. The topological polar surface area (TPSA) is 35.5 Å². The van der Waals surface area contributed by atoms with Gasteiger partial charge in [-0.05, 0) is 25.3 Å². The molecule has 2 aliphatic rings. The van der Waals surface area contributed by atoms with Crippen LogP contribution in [-0.4, -0.2) is 11.8 Å². The van der Waals surface area contributed by atoms with Crippen molar-refractivity contribution in [1.82, 2.24) is 0 Å². The molecule has 19 heavy (non-hydrogen) atoms. The molecule has 0 amide bonds. The Kier molecular flexibility index (Phi) is 3.05. The lowest BCUT2D eigenvalue weighted by Gasteiger charge is -2.40. The number of rotatable bonds is 1. The summed E-state index contributed by atoms with van der Waals surface area (Å²) in [6.07, 6.45) is 4.91. The standard InChI is InChI=1S/C16H18O3/c1-12-14(13-8-4-2-5-9-13)15(17)19-16(18-12)10-6-3-7-11-16/h2,4-5,8-9H,3,6-7,10-11H2,1H3. The van der Waals surface area contributed by atoms with Crippen molar-refractivity contribution >= 4 is 11.5 Å². The first-order chi connectivity index (χ1) is 9.20. The molecule has 3 rings (SSSR count). The first-order valence-electron chi connectivity index (χ1n) is 6.89. The molecule has 1 aliphatic heterocycles. The van der Waals surface area contributed by atoms with Crippen molar-refractivity contribution < 1.29 is 14.3 Å². The molecule has 1 fully saturated rings. The predicted molar refractivity (Wildman–Crippen MR) is 72.0 cm³/mol. The minimum Gasteiger partial charge on any atom is -0.456 e. The molecular formula is C16H18O3. The fourth-order valence-corrected chi connectivity index (χ4v) is 2.94. The highest BCUT2D eigenvalue weighted by molar-refractivity contribution is 6.17. The Morgan fingerprint density at radius 2 is 1.68 bits per heavy atom. The van der Waals surface area contributed by atoms with E-state index < -0.39 is 5.79 Å². The number of carbonyl (C=O) groups is 1. The molecule has 1 aromatic rings. The third-order valence-electron chi connectivity index (χ3n) is 3.85. The van der Waals surface area contributed by atoms with Gasteiger partial charge in [0.2, 0.25) is 0 Å². The third kappa shape index (κ3) is 2.25. The van der Waals surface area contributed by atoms with Gasteiger partial charge in [0.1, 0.15) is 11.3 Å². The number of carbonyl (C=O) groups excluding carboxylic acids is 1. The van der Waals surface area contributed by atoms with Gasteiger partial charge in [-0.2, -0.15) is 0 Å². The van der Waals surface area contributed by atoms with Crippen LogP contribution in [-0.2, 0) is 14.3 Å². The Morgan fingerprint density at radius 3 is 2.32 bits per heavy atom. The number of allylic oxidation sites excluding steroid dienone is 1. The maximum absolute atomic E-state index is 12.3. The first kappa shape index (κ1) is 12.3. The molecule has 1 saturated carbocycles. The van der Waals surface area contributed by atoms with E-state index in [1.54, 1.807) is 0 Å². The summed E-state index contributed by atoms with van der Waals surface area (Å²) >= 11 is 0. The summed E-state index contributed by atoms with van der Waals surface area (Å²) in [7, 11) is 0. The highest BCUT2D eigenvalue weighted by Gasteiger charge is 2.43. The summed E-state index contributed by atoms with van der Waals surface area (Å²) in [5, 5.41) is 0. The van der Waals surface area contributed by atoms with Gasteiger partial charge in [-0.3, -0.25) is 0 Å². The lowest BCUT2D eigenvalue weighted by molar-refractivity contribution is -0.230. The van der Waals surface area contributed by atoms with Crippen LogP contribution in [0.2, 0.25) is 0 Å². The van der Waals surface area contributed by atoms with Crippen molar-refractivity contribution in [2.75, 3.05) is 0 Å². The highest BCUT2D eigenvalue weighted by Crippen LogP contribution is 2.40. The van der Waals surface area contributed by atoms with Crippen LogP contribution >= 0.6 is 0 Å². The van der Waals surface area contributed by atoms with Crippen LogP contribution < -0.4 is 0 Å². The van der Waals surface area contributed by atoms with E-state index in [1.807, 2.05) is 37.3 Å². The number of hydrogen-bond acceptors (Lipinski definition) is 3. The Bertz CT molecular complexity index is 510. The zero-order valence-electron chi connectivity index (χ0n) is 11.1. The molecule has 0 saturated heterocycles. The molecule has 3 heteroatoms. The van der Waals surface area contributed by atoms with Crippen LogP contribution in [0.4, 0.5) is 0 Å². The van der Waals surface area contributed by atoms with Gasteiger partial charge in [0, 0.05) is 12.8 Å². The van der Waals surface area contributed by atoms with Gasteiger partial charge in [0.25, 0.3) is 5.79 Å². The largest absolute Gasteiger partial charge is 0.456 e. The van der Waals surface area contributed by atoms with E-state index in [0.29, 0.717) is 11.3 Å². The van der Waals surface area contributed by atoms with Gasteiger partial charge in [-0.1, -0.05) is 36.8 Å². The van der Waals surface area contributed by atoms with Crippen LogP contribution in [0, 0.1) is 0 Å². The smallest absolute Gasteiger partial charge is 0.345 e. The second-order valence-electron chi connectivity index (χ2n) is 5.26. The summed E-state index contributed by atoms with van der Waals surface area (Å²) in [5.41, 5.74) is 1.41. The highest BCUT2D eigenvalue weighted by atomic mass is 16.7. The molecule has 0 bridgehead atoms. The summed E-state index contributed by atoms with van der Waals surface area (Å²) in [4.78, 5) is 12.3. The molecule has 1 aliphatic carbocycles. The Hall–Kier alpha value is -1.77. The summed E-state index contributed by atoms with van der Waals surface area (Å²) < 4.78 is 11.6. The van der Waals surface area contributed by atoms with Gasteiger partial charge in [-0.25, -0.2) is 4.79 Å². The van der Waals surface area contributed by atoms with E-state index in [1.165, 1.54) is 6.42 Å². The lowest BCUT2D eigenvalue weighted by atomic mass is 9.92. The average Bonchev–Trinajstić information content (AvgIpc) is 2.40. The van der Waals surface area contributed by atoms with Crippen molar-refractivity contribution in [3.63, 3.8) is 0 Å². The first-order valence-corrected chi connectivity index (χ1v) is 6.89. The molecule has 3 nitrogen and oxygen atoms in total. The Labute approximate surface area is 113 Å². The second kappa shape index (κ2) is 4.72. The molecule has 0 N–H and O–H groups in total.